The molecule has 6 nitrogen and oxygen atoms in total. The van der Waals surface area contributed by atoms with E-state index in [-0.39, 0.29) is 17.0 Å². The third kappa shape index (κ3) is 4.41. The fourth-order valence-electron chi connectivity index (χ4n) is 6.17. The summed E-state index contributed by atoms with van der Waals surface area (Å²) in [6.07, 6.45) is 8.81. The van der Waals surface area contributed by atoms with Crippen LogP contribution in [0.15, 0.2) is 47.4 Å². The molecule has 3 aromatic rings. The maximum absolute atomic E-state index is 15.9. The van der Waals surface area contributed by atoms with Gasteiger partial charge in [-0.25, -0.2) is 4.39 Å². The minimum absolute atomic E-state index is 0.0256. The topological polar surface area (TPSA) is 54.8 Å². The second kappa shape index (κ2) is 9.86. The molecular formula is C30H31ClFN3O3. The standard InChI is InChI=1S/C30H31ClFN3O3/c1-33-13-3-4-19-15-34(17-25(19)33)28-24(32)14-22-27(30(28)38-2)35(21-10-11-21)16-23(29(22)37)26(36)12-7-18-5-8-20(31)9-6-18/h5-9,12,14,16,19,21,25H,3-4,10-11,13,15,17H2,1-2H3. The Balaban J connectivity index is 1.44. The number of fused-ring (bicyclic) bond motifs is 2. The number of carbonyl (C=O) groups excluding carboxylic acids is 1. The molecule has 3 fully saturated rings. The second-order valence-corrected chi connectivity index (χ2v) is 11.2. The first-order valence-electron chi connectivity index (χ1n) is 13.2. The molecule has 2 aromatic carbocycles. The molecule has 6 rings (SSSR count). The van der Waals surface area contributed by atoms with Crippen LogP contribution in [0.3, 0.4) is 0 Å². The van der Waals surface area contributed by atoms with Gasteiger partial charge < -0.3 is 19.1 Å². The number of pyridine rings is 1. The molecule has 0 radical (unpaired) electrons. The number of aromatic nitrogens is 1. The number of allylic oxidation sites excluding steroid dienone is 1. The van der Waals surface area contributed by atoms with Crippen molar-refractivity contribution in [3.8, 4) is 5.75 Å². The van der Waals surface area contributed by atoms with Crippen LogP contribution in [0.2, 0.25) is 5.02 Å². The van der Waals surface area contributed by atoms with Crippen LogP contribution in [0.25, 0.3) is 17.0 Å². The normalized spacial score (nSPS) is 21.8. The molecule has 0 spiro atoms. The Morgan fingerprint density at radius 1 is 1.16 bits per heavy atom. The Labute approximate surface area is 226 Å². The van der Waals surface area contributed by atoms with E-state index in [2.05, 4.69) is 16.8 Å². The number of hydrogen-bond acceptors (Lipinski definition) is 5. The van der Waals surface area contributed by atoms with Gasteiger partial charge in [-0.05, 0) is 75.0 Å². The molecule has 38 heavy (non-hydrogen) atoms. The van der Waals surface area contributed by atoms with Crippen molar-refractivity contribution in [2.75, 3.05) is 38.7 Å². The van der Waals surface area contributed by atoms with Crippen molar-refractivity contribution in [2.45, 2.75) is 37.8 Å². The van der Waals surface area contributed by atoms with Crippen molar-refractivity contribution in [1.82, 2.24) is 9.47 Å². The SMILES string of the molecule is COc1c(N2CC3CCCN(C)C3C2)c(F)cc2c(=O)c(C(=O)C=Cc3ccc(Cl)cc3)cn(C3CC3)c12. The molecular weight excluding hydrogens is 505 g/mol. The van der Waals surface area contributed by atoms with Crippen molar-refractivity contribution >= 4 is 40.1 Å². The van der Waals surface area contributed by atoms with Crippen LogP contribution in [0.1, 0.15) is 47.6 Å². The monoisotopic (exact) mass is 535 g/mol. The minimum atomic E-state index is -0.489. The molecule has 1 saturated carbocycles. The highest BCUT2D eigenvalue weighted by molar-refractivity contribution is 6.30. The summed E-state index contributed by atoms with van der Waals surface area (Å²) in [5.41, 5.74) is 1.32. The summed E-state index contributed by atoms with van der Waals surface area (Å²) in [5.74, 6) is -0.0552. The van der Waals surface area contributed by atoms with Crippen molar-refractivity contribution in [3.05, 3.63) is 74.8 Å². The van der Waals surface area contributed by atoms with Gasteiger partial charge in [-0.3, -0.25) is 9.59 Å². The van der Waals surface area contributed by atoms with Gasteiger partial charge in [0.25, 0.3) is 0 Å². The van der Waals surface area contributed by atoms with E-state index in [1.165, 1.54) is 19.3 Å². The smallest absolute Gasteiger partial charge is 0.200 e. The molecule has 1 aromatic heterocycles. The molecule has 2 saturated heterocycles. The number of rotatable bonds is 6. The van der Waals surface area contributed by atoms with E-state index in [1.54, 1.807) is 36.5 Å². The molecule has 1 aliphatic carbocycles. The first kappa shape index (κ1) is 25.1. The van der Waals surface area contributed by atoms with E-state index < -0.39 is 17.0 Å². The van der Waals surface area contributed by atoms with Gasteiger partial charge >= 0.3 is 0 Å². The summed E-state index contributed by atoms with van der Waals surface area (Å²) in [6, 6.07) is 8.89. The lowest BCUT2D eigenvalue weighted by atomic mass is 9.93. The lowest BCUT2D eigenvalue weighted by Crippen LogP contribution is -2.42. The highest BCUT2D eigenvalue weighted by atomic mass is 35.5. The van der Waals surface area contributed by atoms with E-state index in [1.807, 2.05) is 4.57 Å². The van der Waals surface area contributed by atoms with Crippen LogP contribution < -0.4 is 15.1 Å². The third-order valence-corrected chi connectivity index (χ3v) is 8.53. The quantitative estimate of drug-likeness (QED) is 0.305. The number of likely N-dealkylation sites (tertiary alicyclic amines) is 1. The summed E-state index contributed by atoms with van der Waals surface area (Å²) in [4.78, 5) is 31.2. The number of carbonyl (C=O) groups is 1. The Kier molecular flexibility index (Phi) is 6.52. The van der Waals surface area contributed by atoms with Crippen molar-refractivity contribution in [3.63, 3.8) is 0 Å². The maximum atomic E-state index is 15.9. The number of likely N-dealkylation sites (N-methyl/N-ethyl adjacent to an activating group) is 1. The van der Waals surface area contributed by atoms with Gasteiger partial charge in [0.15, 0.2) is 17.3 Å². The molecule has 2 atom stereocenters. The first-order valence-corrected chi connectivity index (χ1v) is 13.6. The number of piperidine rings is 1. The predicted octanol–water partition coefficient (Wildman–Crippen LogP) is 5.56. The summed E-state index contributed by atoms with van der Waals surface area (Å²) >= 11 is 5.95. The van der Waals surface area contributed by atoms with Gasteiger partial charge in [0.1, 0.15) is 5.69 Å². The Morgan fingerprint density at radius 2 is 1.92 bits per heavy atom. The van der Waals surface area contributed by atoms with E-state index in [4.69, 9.17) is 16.3 Å². The van der Waals surface area contributed by atoms with Crippen LogP contribution in [-0.2, 0) is 0 Å². The second-order valence-electron chi connectivity index (χ2n) is 10.8. The number of ether oxygens (including phenoxy) is 1. The van der Waals surface area contributed by atoms with Crippen molar-refractivity contribution in [1.29, 1.82) is 0 Å². The summed E-state index contributed by atoms with van der Waals surface area (Å²) < 4.78 is 23.7. The number of halogens is 2. The molecule has 3 heterocycles. The van der Waals surface area contributed by atoms with Crippen LogP contribution in [-0.4, -0.2) is 55.1 Å². The minimum Gasteiger partial charge on any atom is -0.492 e. The summed E-state index contributed by atoms with van der Waals surface area (Å²) in [6.45, 7) is 2.53. The molecule has 2 unspecified atom stereocenters. The molecule has 0 bridgehead atoms. The lowest BCUT2D eigenvalue weighted by molar-refractivity contribution is 0.104. The molecule has 0 N–H and O–H groups in total. The van der Waals surface area contributed by atoms with Crippen LogP contribution in [0.5, 0.6) is 5.75 Å². The third-order valence-electron chi connectivity index (χ3n) is 8.28. The van der Waals surface area contributed by atoms with Gasteiger partial charge in [0.2, 0.25) is 5.43 Å². The maximum Gasteiger partial charge on any atom is 0.200 e. The van der Waals surface area contributed by atoms with Crippen molar-refractivity contribution < 1.29 is 13.9 Å². The predicted molar refractivity (Wildman–Crippen MR) is 149 cm³/mol. The average molecular weight is 536 g/mol. The Bertz CT molecular complexity index is 1500. The van der Waals surface area contributed by atoms with Gasteiger partial charge in [0.05, 0.1) is 23.6 Å². The zero-order valence-corrected chi connectivity index (χ0v) is 22.4. The van der Waals surface area contributed by atoms with Crippen molar-refractivity contribution in [2.24, 2.45) is 5.92 Å². The lowest BCUT2D eigenvalue weighted by Gasteiger charge is -2.33. The van der Waals surface area contributed by atoms with Crippen LogP contribution >= 0.6 is 11.6 Å². The molecule has 0 amide bonds. The molecule has 2 aliphatic heterocycles. The Morgan fingerprint density at radius 3 is 2.61 bits per heavy atom. The zero-order valence-electron chi connectivity index (χ0n) is 21.6. The van der Waals surface area contributed by atoms with E-state index in [9.17, 15) is 9.59 Å². The van der Waals surface area contributed by atoms with Gasteiger partial charge in [-0.1, -0.05) is 29.8 Å². The van der Waals surface area contributed by atoms with E-state index in [0.717, 1.165) is 50.9 Å². The highest BCUT2D eigenvalue weighted by Crippen LogP contribution is 2.45. The van der Waals surface area contributed by atoms with Crippen LogP contribution in [0.4, 0.5) is 10.1 Å². The molecule has 198 valence electrons. The molecule has 8 heteroatoms. The van der Waals surface area contributed by atoms with E-state index >= 15 is 4.39 Å². The summed E-state index contributed by atoms with van der Waals surface area (Å²) in [5, 5.41) is 0.778. The van der Waals surface area contributed by atoms with Gasteiger partial charge in [-0.2, -0.15) is 0 Å². The zero-order chi connectivity index (χ0) is 26.6. The van der Waals surface area contributed by atoms with Crippen LogP contribution in [0, 0.1) is 11.7 Å². The number of methoxy groups -OCH3 is 1. The number of anilines is 1. The number of hydrogen-bond donors (Lipinski definition) is 0. The largest absolute Gasteiger partial charge is 0.492 e. The molecule has 3 aliphatic rings. The number of nitrogens with zero attached hydrogens (tertiary/aromatic N) is 3. The first-order chi connectivity index (χ1) is 18.4. The van der Waals surface area contributed by atoms with Gasteiger partial charge in [0, 0.05) is 36.4 Å². The highest BCUT2D eigenvalue weighted by Gasteiger charge is 2.40. The summed E-state index contributed by atoms with van der Waals surface area (Å²) in [7, 11) is 3.67. The fraction of sp³-hybridized carbons (Fsp3) is 0.400. The Hall–Kier alpha value is -3.16. The van der Waals surface area contributed by atoms with Gasteiger partial charge in [-0.15, -0.1) is 0 Å². The number of benzene rings is 2. The fourth-order valence-corrected chi connectivity index (χ4v) is 6.30. The van der Waals surface area contributed by atoms with E-state index in [0.29, 0.717) is 33.9 Å². The number of ketones is 1. The average Bonchev–Trinajstić information content (AvgIpc) is 3.66.